The molecule has 2 saturated heterocycles. The zero-order valence-electron chi connectivity index (χ0n) is 10.3. The van der Waals surface area contributed by atoms with Gasteiger partial charge >= 0.3 is 0 Å². The summed E-state index contributed by atoms with van der Waals surface area (Å²) in [6.45, 7) is 9.14. The Morgan fingerprint density at radius 1 is 0.929 bits per heavy atom. The lowest BCUT2D eigenvalue weighted by Crippen LogP contribution is -2.53. The minimum Gasteiger partial charge on any atom is -0.298 e. The van der Waals surface area contributed by atoms with Crippen LogP contribution >= 0.6 is 0 Å². The SMILES string of the molecule is CC.CCC12CCCCN1CCCC2. The van der Waals surface area contributed by atoms with Crippen molar-refractivity contribution in [2.24, 2.45) is 0 Å². The van der Waals surface area contributed by atoms with Crippen molar-refractivity contribution in [3.05, 3.63) is 0 Å². The molecule has 0 spiro atoms. The van der Waals surface area contributed by atoms with Crippen LogP contribution in [0.3, 0.4) is 0 Å². The lowest BCUT2D eigenvalue weighted by atomic mass is 9.77. The minimum absolute atomic E-state index is 0.649. The van der Waals surface area contributed by atoms with Gasteiger partial charge in [-0.2, -0.15) is 0 Å². The molecule has 0 amide bonds. The maximum absolute atomic E-state index is 2.78. The van der Waals surface area contributed by atoms with Crippen LogP contribution in [0, 0.1) is 0 Å². The Morgan fingerprint density at radius 2 is 1.43 bits per heavy atom. The summed E-state index contributed by atoms with van der Waals surface area (Å²) in [6.07, 6.45) is 10.2. The molecule has 0 saturated carbocycles. The van der Waals surface area contributed by atoms with Gasteiger partial charge in [0.15, 0.2) is 0 Å². The molecule has 0 bridgehead atoms. The topological polar surface area (TPSA) is 3.24 Å². The second-order valence-corrected chi connectivity index (χ2v) is 4.48. The zero-order valence-corrected chi connectivity index (χ0v) is 10.3. The number of fused-ring (bicyclic) bond motifs is 1. The molecule has 2 heterocycles. The lowest BCUT2D eigenvalue weighted by Gasteiger charge is -2.50. The third-order valence-corrected chi connectivity index (χ3v) is 3.97. The van der Waals surface area contributed by atoms with Gasteiger partial charge in [-0.1, -0.05) is 33.6 Å². The number of nitrogens with zero attached hydrogens (tertiary/aromatic N) is 1. The zero-order chi connectivity index (χ0) is 10.4. The van der Waals surface area contributed by atoms with Crippen molar-refractivity contribution in [1.82, 2.24) is 4.90 Å². The van der Waals surface area contributed by atoms with Crippen LogP contribution in [0.2, 0.25) is 0 Å². The van der Waals surface area contributed by atoms with Crippen molar-refractivity contribution < 1.29 is 0 Å². The smallest absolute Gasteiger partial charge is 0.0207 e. The van der Waals surface area contributed by atoms with Gasteiger partial charge in [-0.15, -0.1) is 0 Å². The fourth-order valence-corrected chi connectivity index (χ4v) is 3.12. The van der Waals surface area contributed by atoms with Gasteiger partial charge in [0.25, 0.3) is 0 Å². The van der Waals surface area contributed by atoms with Gasteiger partial charge in [-0.3, -0.25) is 4.90 Å². The largest absolute Gasteiger partial charge is 0.298 e. The van der Waals surface area contributed by atoms with Crippen molar-refractivity contribution in [3.8, 4) is 0 Å². The van der Waals surface area contributed by atoms with Gasteiger partial charge in [-0.05, 0) is 45.2 Å². The average Bonchev–Trinajstić information content (AvgIpc) is 2.31. The summed E-state index contributed by atoms with van der Waals surface area (Å²) in [5, 5.41) is 0. The highest BCUT2D eigenvalue weighted by Gasteiger charge is 2.38. The molecule has 0 aromatic heterocycles. The molecule has 0 N–H and O–H groups in total. The van der Waals surface area contributed by atoms with E-state index in [2.05, 4.69) is 11.8 Å². The number of hydrogen-bond acceptors (Lipinski definition) is 1. The summed E-state index contributed by atoms with van der Waals surface area (Å²) in [5.74, 6) is 0. The molecule has 0 aliphatic carbocycles. The summed E-state index contributed by atoms with van der Waals surface area (Å²) in [7, 11) is 0. The van der Waals surface area contributed by atoms with Crippen LogP contribution < -0.4 is 0 Å². The highest BCUT2D eigenvalue weighted by Crippen LogP contribution is 2.38. The molecule has 1 nitrogen and oxygen atoms in total. The Balaban J connectivity index is 0.000000461. The van der Waals surface area contributed by atoms with Gasteiger partial charge in [-0.25, -0.2) is 0 Å². The van der Waals surface area contributed by atoms with Gasteiger partial charge in [0.2, 0.25) is 0 Å². The molecular weight excluding hydrogens is 170 g/mol. The summed E-state index contributed by atoms with van der Waals surface area (Å²) in [4.78, 5) is 2.78. The Morgan fingerprint density at radius 3 is 1.79 bits per heavy atom. The first-order valence-electron chi connectivity index (χ1n) is 6.62. The maximum Gasteiger partial charge on any atom is 0.0207 e. The first-order valence-corrected chi connectivity index (χ1v) is 6.62. The predicted molar refractivity (Wildman–Crippen MR) is 63.6 cm³/mol. The molecule has 1 heteroatoms. The van der Waals surface area contributed by atoms with E-state index in [1.165, 1.54) is 58.0 Å². The van der Waals surface area contributed by atoms with E-state index in [1.807, 2.05) is 13.8 Å². The first-order chi connectivity index (χ1) is 6.87. The lowest BCUT2D eigenvalue weighted by molar-refractivity contribution is 0.00891. The van der Waals surface area contributed by atoms with Crippen LogP contribution in [0.15, 0.2) is 0 Å². The molecule has 2 fully saturated rings. The van der Waals surface area contributed by atoms with Crippen LogP contribution in [0.1, 0.15) is 65.7 Å². The molecule has 2 aliphatic rings. The van der Waals surface area contributed by atoms with Crippen molar-refractivity contribution in [2.75, 3.05) is 13.1 Å². The fraction of sp³-hybridized carbons (Fsp3) is 1.00. The highest BCUT2D eigenvalue weighted by atomic mass is 15.2. The molecule has 84 valence electrons. The molecule has 2 rings (SSSR count). The molecule has 2 aliphatic heterocycles. The Bertz CT molecular complexity index is 141. The molecule has 0 aromatic rings. The van der Waals surface area contributed by atoms with Crippen molar-refractivity contribution in [1.29, 1.82) is 0 Å². The van der Waals surface area contributed by atoms with Gasteiger partial charge in [0.1, 0.15) is 0 Å². The Hall–Kier alpha value is -0.0400. The van der Waals surface area contributed by atoms with Crippen molar-refractivity contribution in [3.63, 3.8) is 0 Å². The standard InChI is InChI=1S/C11H21N.C2H6/c1-2-11-7-3-5-9-12(11)10-6-4-8-11;1-2/h2-10H2,1H3;1-2H3. The van der Waals surface area contributed by atoms with Crippen LogP contribution in [0.5, 0.6) is 0 Å². The fourth-order valence-electron chi connectivity index (χ4n) is 3.12. The van der Waals surface area contributed by atoms with E-state index in [4.69, 9.17) is 0 Å². The second kappa shape index (κ2) is 5.75. The van der Waals surface area contributed by atoms with Crippen LogP contribution in [-0.4, -0.2) is 23.5 Å². The summed E-state index contributed by atoms with van der Waals surface area (Å²) in [5.41, 5.74) is 0.649. The Kier molecular flexibility index (Phi) is 4.94. The van der Waals surface area contributed by atoms with E-state index < -0.39 is 0 Å². The number of rotatable bonds is 1. The quantitative estimate of drug-likeness (QED) is 0.617. The second-order valence-electron chi connectivity index (χ2n) is 4.48. The van der Waals surface area contributed by atoms with E-state index in [0.29, 0.717) is 5.54 Å². The van der Waals surface area contributed by atoms with Gasteiger partial charge in [0, 0.05) is 5.54 Å². The first kappa shape index (κ1) is 12.0. The summed E-state index contributed by atoms with van der Waals surface area (Å²) in [6, 6.07) is 0. The van der Waals surface area contributed by atoms with Crippen molar-refractivity contribution in [2.45, 2.75) is 71.3 Å². The normalized spacial score (nSPS) is 25.9. The minimum atomic E-state index is 0.649. The van der Waals surface area contributed by atoms with Crippen LogP contribution in [0.25, 0.3) is 0 Å². The van der Waals surface area contributed by atoms with E-state index in [0.717, 1.165) is 0 Å². The maximum atomic E-state index is 2.78. The molecule has 0 atom stereocenters. The van der Waals surface area contributed by atoms with Crippen LogP contribution in [-0.2, 0) is 0 Å². The molecule has 0 radical (unpaired) electrons. The van der Waals surface area contributed by atoms with Crippen molar-refractivity contribution >= 4 is 0 Å². The molecule has 0 unspecified atom stereocenters. The van der Waals surface area contributed by atoms with Gasteiger partial charge < -0.3 is 0 Å². The molecule has 14 heavy (non-hydrogen) atoms. The predicted octanol–water partition coefficient (Wildman–Crippen LogP) is 3.83. The van der Waals surface area contributed by atoms with E-state index >= 15 is 0 Å². The summed E-state index contributed by atoms with van der Waals surface area (Å²) >= 11 is 0. The average molecular weight is 197 g/mol. The van der Waals surface area contributed by atoms with E-state index in [9.17, 15) is 0 Å². The van der Waals surface area contributed by atoms with E-state index in [-0.39, 0.29) is 0 Å². The number of piperidine rings is 2. The monoisotopic (exact) mass is 197 g/mol. The van der Waals surface area contributed by atoms with E-state index in [1.54, 1.807) is 0 Å². The molecule has 0 aromatic carbocycles. The molecular formula is C13H27N. The summed E-state index contributed by atoms with van der Waals surface area (Å²) < 4.78 is 0. The Labute approximate surface area is 89.9 Å². The number of hydrogen-bond donors (Lipinski definition) is 0. The van der Waals surface area contributed by atoms with Crippen LogP contribution in [0.4, 0.5) is 0 Å². The highest BCUT2D eigenvalue weighted by molar-refractivity contribution is 4.94. The third-order valence-electron chi connectivity index (χ3n) is 3.97. The van der Waals surface area contributed by atoms with Gasteiger partial charge in [0.05, 0.1) is 0 Å². The third kappa shape index (κ3) is 2.31.